The van der Waals surface area contributed by atoms with E-state index >= 15 is 0 Å². The highest BCUT2D eigenvalue weighted by atomic mass is 79.9. The van der Waals surface area contributed by atoms with Gasteiger partial charge >= 0.3 is 6.09 Å². The smallest absolute Gasteiger partial charge is 0.411 e. The number of pyridine rings is 1. The van der Waals surface area contributed by atoms with E-state index in [1.807, 2.05) is 12.1 Å². The number of halogens is 1. The minimum Gasteiger partial charge on any atom is -0.447 e. The van der Waals surface area contributed by atoms with Gasteiger partial charge in [-0.1, -0.05) is 34.1 Å². The maximum atomic E-state index is 12.8. The van der Waals surface area contributed by atoms with Gasteiger partial charge in [0.25, 0.3) is 5.91 Å². The van der Waals surface area contributed by atoms with Gasteiger partial charge in [0.1, 0.15) is 0 Å². The van der Waals surface area contributed by atoms with Crippen LogP contribution in [0.2, 0.25) is 0 Å². The van der Waals surface area contributed by atoms with Crippen molar-refractivity contribution in [3.63, 3.8) is 0 Å². The van der Waals surface area contributed by atoms with E-state index in [0.717, 1.165) is 4.47 Å². The van der Waals surface area contributed by atoms with Gasteiger partial charge in [-0.25, -0.2) is 4.79 Å². The van der Waals surface area contributed by atoms with Crippen LogP contribution in [0.5, 0.6) is 0 Å². The Morgan fingerprint density at radius 3 is 2.27 bits per heavy atom. The van der Waals surface area contributed by atoms with Gasteiger partial charge in [0.15, 0.2) is 0 Å². The monoisotopic (exact) mass is 508 g/mol. The Morgan fingerprint density at radius 2 is 1.67 bits per heavy atom. The number of hydrogen-bond acceptors (Lipinski definition) is 5. The van der Waals surface area contributed by atoms with E-state index in [1.54, 1.807) is 74.6 Å². The molecule has 3 rings (SSSR count). The first kappa shape index (κ1) is 24.1. The average molecular weight is 509 g/mol. The van der Waals surface area contributed by atoms with E-state index < -0.39 is 12.1 Å². The number of carbonyl (C=O) groups is 2. The molecule has 0 fully saturated rings. The number of nitrogens with one attached hydrogen (secondary N) is 3. The fourth-order valence-electron chi connectivity index (χ4n) is 3.09. The van der Waals surface area contributed by atoms with Crippen molar-refractivity contribution in [1.29, 1.82) is 5.41 Å². The lowest BCUT2D eigenvalue weighted by atomic mass is 9.99. The van der Waals surface area contributed by atoms with Gasteiger partial charge < -0.3 is 15.5 Å². The van der Waals surface area contributed by atoms with E-state index in [1.165, 1.54) is 0 Å². The molecule has 3 aromatic rings. The molecule has 7 nitrogen and oxygen atoms in total. The van der Waals surface area contributed by atoms with Gasteiger partial charge in [0.05, 0.1) is 17.8 Å². The Labute approximate surface area is 201 Å². The molecule has 1 unspecified atom stereocenters. The van der Waals surface area contributed by atoms with E-state index in [0.29, 0.717) is 28.2 Å². The largest absolute Gasteiger partial charge is 0.447 e. The Hall–Kier alpha value is -3.52. The summed E-state index contributed by atoms with van der Waals surface area (Å²) in [5.74, 6) is -0.242. The van der Waals surface area contributed by atoms with Gasteiger partial charge in [-0.2, -0.15) is 0 Å². The summed E-state index contributed by atoms with van der Waals surface area (Å²) >= 11 is 3.37. The second-order valence-electron chi connectivity index (χ2n) is 7.63. The van der Waals surface area contributed by atoms with E-state index in [9.17, 15) is 9.59 Å². The highest BCUT2D eigenvalue weighted by molar-refractivity contribution is 9.10. The summed E-state index contributed by atoms with van der Waals surface area (Å²) in [6.45, 7) is 3.55. The maximum absolute atomic E-state index is 12.8. The van der Waals surface area contributed by atoms with E-state index in [2.05, 4.69) is 31.5 Å². The maximum Gasteiger partial charge on any atom is 0.411 e. The molecule has 2 amide bonds. The molecule has 2 aromatic carbocycles. The zero-order chi connectivity index (χ0) is 23.8. The second-order valence-corrected chi connectivity index (χ2v) is 8.54. The highest BCUT2D eigenvalue weighted by Crippen LogP contribution is 2.20. The summed E-state index contributed by atoms with van der Waals surface area (Å²) in [4.78, 5) is 28.9. The third kappa shape index (κ3) is 7.25. The van der Waals surface area contributed by atoms with Crippen molar-refractivity contribution in [1.82, 2.24) is 10.3 Å². The Morgan fingerprint density at radius 1 is 1.00 bits per heavy atom. The molecule has 0 spiro atoms. The summed E-state index contributed by atoms with van der Waals surface area (Å²) in [5.41, 5.74) is 2.77. The second kappa shape index (κ2) is 11.4. The van der Waals surface area contributed by atoms with Crippen molar-refractivity contribution in [2.24, 2.45) is 0 Å². The lowest BCUT2D eigenvalue weighted by Crippen LogP contribution is -2.30. The van der Waals surface area contributed by atoms with Gasteiger partial charge in [-0.3, -0.25) is 15.1 Å². The SMILES string of the molecule is CC(C)OC(=O)Nc1ccc(C(=N)CC(NC(=O)c2ccc(Br)cc2)c2ccccn2)cc1. The predicted molar refractivity (Wildman–Crippen MR) is 132 cm³/mol. The molecule has 170 valence electrons. The molecule has 3 N–H and O–H groups in total. The lowest BCUT2D eigenvalue weighted by Gasteiger charge is -2.19. The van der Waals surface area contributed by atoms with Crippen LogP contribution >= 0.6 is 15.9 Å². The number of rotatable bonds is 8. The quantitative estimate of drug-likeness (QED) is 0.338. The molecule has 1 heterocycles. The summed E-state index contributed by atoms with van der Waals surface area (Å²) in [7, 11) is 0. The van der Waals surface area contributed by atoms with Gasteiger partial charge in [0.2, 0.25) is 0 Å². The van der Waals surface area contributed by atoms with E-state index in [-0.39, 0.29) is 18.4 Å². The zero-order valence-electron chi connectivity index (χ0n) is 18.3. The zero-order valence-corrected chi connectivity index (χ0v) is 19.9. The third-order valence-corrected chi connectivity index (χ3v) is 5.22. The Bertz CT molecular complexity index is 1100. The molecule has 0 radical (unpaired) electrons. The number of anilines is 1. The Balaban J connectivity index is 1.71. The van der Waals surface area contributed by atoms with Crippen molar-refractivity contribution < 1.29 is 14.3 Å². The molecule has 33 heavy (non-hydrogen) atoms. The summed E-state index contributed by atoms with van der Waals surface area (Å²) in [6.07, 6.45) is 1.17. The molecule has 1 aromatic heterocycles. The third-order valence-electron chi connectivity index (χ3n) is 4.69. The number of hydrogen-bond donors (Lipinski definition) is 3. The van der Waals surface area contributed by atoms with Crippen molar-refractivity contribution in [3.05, 3.63) is 94.2 Å². The van der Waals surface area contributed by atoms with Gasteiger partial charge in [0, 0.05) is 34.1 Å². The van der Waals surface area contributed by atoms with Crippen LogP contribution in [0.15, 0.2) is 77.4 Å². The standard InChI is InChI=1S/C25H25BrN4O3/c1-16(2)33-25(32)29-20-12-8-17(9-13-20)21(27)15-23(22-5-3-4-14-28-22)30-24(31)18-6-10-19(26)11-7-18/h3-14,16,23,27H,15H2,1-2H3,(H,29,32)(H,30,31). The van der Waals surface area contributed by atoms with Crippen LogP contribution in [0.25, 0.3) is 0 Å². The fraction of sp³-hybridized carbons (Fsp3) is 0.200. The normalized spacial score (nSPS) is 11.5. The molecule has 1 atom stereocenters. The minimum atomic E-state index is -0.529. The van der Waals surface area contributed by atoms with Crippen LogP contribution in [-0.2, 0) is 4.74 Å². The van der Waals surface area contributed by atoms with E-state index in [4.69, 9.17) is 10.1 Å². The molecule has 0 bridgehead atoms. The summed E-state index contributed by atoms with van der Waals surface area (Å²) < 4.78 is 5.96. The van der Waals surface area contributed by atoms with Crippen LogP contribution < -0.4 is 10.6 Å². The topological polar surface area (TPSA) is 104 Å². The fourth-order valence-corrected chi connectivity index (χ4v) is 3.36. The summed E-state index contributed by atoms with van der Waals surface area (Å²) in [5, 5.41) is 14.2. The van der Waals surface area contributed by atoms with Crippen molar-refractivity contribution in [2.45, 2.75) is 32.4 Å². The first-order valence-corrected chi connectivity index (χ1v) is 11.2. The molecule has 8 heteroatoms. The van der Waals surface area contributed by atoms with Gasteiger partial charge in [-0.15, -0.1) is 0 Å². The number of aromatic nitrogens is 1. The van der Waals surface area contributed by atoms with Crippen LogP contribution in [0.4, 0.5) is 10.5 Å². The highest BCUT2D eigenvalue weighted by Gasteiger charge is 2.19. The van der Waals surface area contributed by atoms with Crippen molar-refractivity contribution >= 4 is 39.3 Å². The molecule has 0 aliphatic carbocycles. The molecule has 0 saturated carbocycles. The van der Waals surface area contributed by atoms with Crippen LogP contribution in [0, 0.1) is 5.41 Å². The van der Waals surface area contributed by atoms with Gasteiger partial charge in [-0.05, 0) is 67.9 Å². The number of carbonyl (C=O) groups excluding carboxylic acids is 2. The van der Waals surface area contributed by atoms with Crippen molar-refractivity contribution in [3.8, 4) is 0 Å². The minimum absolute atomic E-state index is 0.214. The first-order valence-electron chi connectivity index (χ1n) is 10.4. The summed E-state index contributed by atoms with van der Waals surface area (Å²) in [6, 6.07) is 19.0. The number of ether oxygens (including phenoxy) is 1. The molecule has 0 saturated heterocycles. The predicted octanol–water partition coefficient (Wildman–Crippen LogP) is 5.73. The van der Waals surface area contributed by atoms with Crippen LogP contribution in [0.3, 0.4) is 0 Å². The number of benzene rings is 2. The first-order chi connectivity index (χ1) is 15.8. The lowest BCUT2D eigenvalue weighted by molar-refractivity contribution is 0.0936. The Kier molecular flexibility index (Phi) is 8.32. The number of nitrogens with zero attached hydrogens (tertiary/aromatic N) is 1. The van der Waals surface area contributed by atoms with Crippen LogP contribution in [0.1, 0.15) is 47.9 Å². The molecular weight excluding hydrogens is 484 g/mol. The molecule has 0 aliphatic heterocycles. The van der Waals surface area contributed by atoms with Crippen molar-refractivity contribution in [2.75, 3.05) is 5.32 Å². The van der Waals surface area contributed by atoms with Crippen LogP contribution in [-0.4, -0.2) is 28.8 Å². The average Bonchev–Trinajstić information content (AvgIpc) is 2.79. The molecular formula is C25H25BrN4O3. The molecule has 0 aliphatic rings. The number of amides is 2.